The number of ether oxygens (including phenoxy) is 2. The van der Waals surface area contributed by atoms with Crippen LogP contribution in [0.3, 0.4) is 0 Å². The van der Waals surface area contributed by atoms with Gasteiger partial charge in [0, 0.05) is 59.6 Å². The predicted molar refractivity (Wildman–Crippen MR) is 140 cm³/mol. The second kappa shape index (κ2) is 15.1. The van der Waals surface area contributed by atoms with Crippen molar-refractivity contribution in [1.29, 1.82) is 0 Å². The molecule has 7 nitrogen and oxygen atoms in total. The summed E-state index contributed by atoms with van der Waals surface area (Å²) in [6.45, 7) is 9.28. The van der Waals surface area contributed by atoms with Gasteiger partial charge in [-0.2, -0.15) is 0 Å². The van der Waals surface area contributed by atoms with Gasteiger partial charge in [0.1, 0.15) is 0 Å². The molecule has 2 N–H and O–H groups in total. The standard InChI is InChI=1S/C24H40N4O3.HI/c1-3-25-24(28-13-10-23(11-14-28)31-16-6-15-30-2)26-17-22(29)19-27-12-9-20-7-4-5-8-21(20)18-27;/h4-5,7-8,22-23,29H,3,6,9-19H2,1-2H3,(H,25,26);1H. The number of nitrogens with zero attached hydrogens (tertiary/aromatic N) is 3. The summed E-state index contributed by atoms with van der Waals surface area (Å²) >= 11 is 0. The predicted octanol–water partition coefficient (Wildman–Crippen LogP) is 2.51. The molecule has 2 heterocycles. The first-order valence-electron chi connectivity index (χ1n) is 11.8. The van der Waals surface area contributed by atoms with Crippen molar-refractivity contribution in [2.24, 2.45) is 4.99 Å². The van der Waals surface area contributed by atoms with Crippen LogP contribution >= 0.6 is 24.0 Å². The number of hydrogen-bond acceptors (Lipinski definition) is 5. The summed E-state index contributed by atoms with van der Waals surface area (Å²) in [6.07, 6.45) is 3.88. The van der Waals surface area contributed by atoms with Gasteiger partial charge in [0.05, 0.1) is 18.8 Å². The quantitative estimate of drug-likeness (QED) is 0.199. The van der Waals surface area contributed by atoms with E-state index in [1.165, 1.54) is 11.1 Å². The van der Waals surface area contributed by atoms with E-state index in [-0.39, 0.29) is 24.0 Å². The highest BCUT2D eigenvalue weighted by Crippen LogP contribution is 2.18. The molecule has 1 atom stereocenters. The Balaban J connectivity index is 0.00000363. The minimum Gasteiger partial charge on any atom is -0.390 e. The molecule has 1 unspecified atom stereocenters. The minimum atomic E-state index is -0.458. The lowest BCUT2D eigenvalue weighted by Crippen LogP contribution is -2.47. The highest BCUT2D eigenvalue weighted by Gasteiger charge is 2.23. The number of aliphatic hydroxyl groups is 1. The van der Waals surface area contributed by atoms with Crippen molar-refractivity contribution in [3.63, 3.8) is 0 Å². The third-order valence-corrected chi connectivity index (χ3v) is 6.05. The molecule has 2 aliphatic rings. The molecular weight excluding hydrogens is 519 g/mol. The van der Waals surface area contributed by atoms with E-state index in [4.69, 9.17) is 14.5 Å². The summed E-state index contributed by atoms with van der Waals surface area (Å²) < 4.78 is 11.0. The van der Waals surface area contributed by atoms with Crippen molar-refractivity contribution >= 4 is 29.9 Å². The third-order valence-electron chi connectivity index (χ3n) is 6.05. The van der Waals surface area contributed by atoms with Crippen molar-refractivity contribution < 1.29 is 14.6 Å². The molecule has 0 aromatic heterocycles. The van der Waals surface area contributed by atoms with Crippen molar-refractivity contribution in [1.82, 2.24) is 15.1 Å². The Morgan fingerprint density at radius 2 is 1.94 bits per heavy atom. The van der Waals surface area contributed by atoms with Gasteiger partial charge in [-0.1, -0.05) is 24.3 Å². The van der Waals surface area contributed by atoms with Crippen LogP contribution in [0.4, 0.5) is 0 Å². The van der Waals surface area contributed by atoms with Gasteiger partial charge >= 0.3 is 0 Å². The fourth-order valence-electron chi connectivity index (χ4n) is 4.37. The number of β-amino-alcohol motifs (C(OH)–C–C–N with tert-alkyl or cyclic N) is 1. The molecule has 182 valence electrons. The molecule has 0 amide bonds. The van der Waals surface area contributed by atoms with Gasteiger partial charge in [-0.3, -0.25) is 9.89 Å². The van der Waals surface area contributed by atoms with Gasteiger partial charge in [0.2, 0.25) is 0 Å². The zero-order valence-electron chi connectivity index (χ0n) is 19.7. The molecule has 3 rings (SSSR count). The monoisotopic (exact) mass is 560 g/mol. The maximum absolute atomic E-state index is 10.6. The van der Waals surface area contributed by atoms with E-state index in [2.05, 4.69) is 46.3 Å². The van der Waals surface area contributed by atoms with Crippen molar-refractivity contribution in [3.8, 4) is 0 Å². The van der Waals surface area contributed by atoms with E-state index < -0.39 is 6.10 Å². The largest absolute Gasteiger partial charge is 0.390 e. The maximum atomic E-state index is 10.6. The Labute approximate surface area is 210 Å². The Morgan fingerprint density at radius 3 is 2.66 bits per heavy atom. The number of halogens is 1. The van der Waals surface area contributed by atoms with E-state index in [0.717, 1.165) is 77.6 Å². The third kappa shape index (κ3) is 8.78. The molecule has 0 saturated carbocycles. The number of rotatable bonds is 10. The SMILES string of the molecule is CCNC(=NCC(O)CN1CCc2ccccc2C1)N1CCC(OCCCOC)CC1.I. The summed E-state index contributed by atoms with van der Waals surface area (Å²) in [5.74, 6) is 0.906. The van der Waals surface area contributed by atoms with Gasteiger partial charge in [-0.15, -0.1) is 24.0 Å². The molecule has 1 fully saturated rings. The van der Waals surface area contributed by atoms with E-state index in [1.807, 2.05) is 0 Å². The Morgan fingerprint density at radius 1 is 1.19 bits per heavy atom. The van der Waals surface area contributed by atoms with Crippen LogP contribution < -0.4 is 5.32 Å². The molecule has 1 saturated heterocycles. The van der Waals surface area contributed by atoms with Crippen molar-refractivity contribution in [2.75, 3.05) is 59.6 Å². The number of likely N-dealkylation sites (tertiary alicyclic amines) is 1. The Hall–Kier alpha value is -0.940. The zero-order chi connectivity index (χ0) is 21.9. The van der Waals surface area contributed by atoms with E-state index in [0.29, 0.717) is 19.2 Å². The average molecular weight is 561 g/mol. The highest BCUT2D eigenvalue weighted by molar-refractivity contribution is 14.0. The van der Waals surface area contributed by atoms with Crippen molar-refractivity contribution in [2.45, 2.75) is 51.4 Å². The van der Waals surface area contributed by atoms with E-state index in [9.17, 15) is 5.11 Å². The summed E-state index contributed by atoms with van der Waals surface area (Å²) in [6, 6.07) is 8.61. The van der Waals surface area contributed by atoms with Crippen LogP contribution in [0.2, 0.25) is 0 Å². The van der Waals surface area contributed by atoms with E-state index >= 15 is 0 Å². The fourth-order valence-corrected chi connectivity index (χ4v) is 4.37. The molecular formula is C24H41IN4O3. The molecule has 0 radical (unpaired) electrons. The smallest absolute Gasteiger partial charge is 0.194 e. The number of methoxy groups -OCH3 is 1. The number of aliphatic hydroxyl groups excluding tert-OH is 1. The van der Waals surface area contributed by atoms with Crippen LogP contribution in [-0.2, 0) is 22.4 Å². The second-order valence-electron chi connectivity index (χ2n) is 8.51. The van der Waals surface area contributed by atoms with E-state index in [1.54, 1.807) is 7.11 Å². The molecule has 1 aromatic rings. The summed E-state index contributed by atoms with van der Waals surface area (Å²) in [4.78, 5) is 9.39. The van der Waals surface area contributed by atoms with Gasteiger partial charge in [0.15, 0.2) is 5.96 Å². The summed E-state index contributed by atoms with van der Waals surface area (Å²) in [5, 5.41) is 14.0. The first kappa shape index (κ1) is 27.3. The van der Waals surface area contributed by atoms with Crippen LogP contribution in [0, 0.1) is 0 Å². The Kier molecular flexibility index (Phi) is 12.8. The van der Waals surface area contributed by atoms with Gasteiger partial charge in [0.25, 0.3) is 0 Å². The second-order valence-corrected chi connectivity index (χ2v) is 8.51. The molecule has 8 heteroatoms. The number of hydrogen-bond donors (Lipinski definition) is 2. The molecule has 1 aromatic carbocycles. The Bertz CT molecular complexity index is 683. The average Bonchev–Trinajstić information content (AvgIpc) is 2.80. The van der Waals surface area contributed by atoms with Crippen LogP contribution in [0.5, 0.6) is 0 Å². The summed E-state index contributed by atoms with van der Waals surface area (Å²) in [7, 11) is 1.72. The number of piperidine rings is 1. The number of aliphatic imine (C=N–C) groups is 1. The molecule has 2 aliphatic heterocycles. The van der Waals surface area contributed by atoms with Crippen molar-refractivity contribution in [3.05, 3.63) is 35.4 Å². The number of nitrogens with one attached hydrogen (secondary N) is 1. The van der Waals surface area contributed by atoms with Crippen LogP contribution in [0.25, 0.3) is 0 Å². The fraction of sp³-hybridized carbons (Fsp3) is 0.708. The minimum absolute atomic E-state index is 0. The number of fused-ring (bicyclic) bond motifs is 1. The molecule has 0 aliphatic carbocycles. The lowest BCUT2D eigenvalue weighted by molar-refractivity contribution is 0.00984. The zero-order valence-corrected chi connectivity index (χ0v) is 22.0. The van der Waals surface area contributed by atoms with Crippen LogP contribution in [0.15, 0.2) is 29.3 Å². The van der Waals surface area contributed by atoms with Crippen LogP contribution in [0.1, 0.15) is 37.3 Å². The first-order chi connectivity index (χ1) is 15.2. The normalized spacial score (nSPS) is 18.7. The molecule has 0 bridgehead atoms. The van der Waals surface area contributed by atoms with Crippen LogP contribution in [-0.4, -0.2) is 92.7 Å². The highest BCUT2D eigenvalue weighted by atomic mass is 127. The maximum Gasteiger partial charge on any atom is 0.194 e. The molecule has 0 spiro atoms. The summed E-state index contributed by atoms with van der Waals surface area (Å²) in [5.41, 5.74) is 2.82. The number of guanidine groups is 1. The van der Waals surface area contributed by atoms with Gasteiger partial charge < -0.3 is 24.8 Å². The molecule has 32 heavy (non-hydrogen) atoms. The lowest BCUT2D eigenvalue weighted by atomic mass is 10.00. The van der Waals surface area contributed by atoms with Gasteiger partial charge in [-0.05, 0) is 43.7 Å². The topological polar surface area (TPSA) is 69.6 Å². The lowest BCUT2D eigenvalue weighted by Gasteiger charge is -2.34. The number of benzene rings is 1. The first-order valence-corrected chi connectivity index (χ1v) is 11.8. The van der Waals surface area contributed by atoms with Gasteiger partial charge in [-0.25, -0.2) is 0 Å².